The fourth-order valence-electron chi connectivity index (χ4n) is 2.86. The van der Waals surface area contributed by atoms with Crippen LogP contribution in [0, 0.1) is 0 Å². The van der Waals surface area contributed by atoms with Crippen molar-refractivity contribution in [1.82, 2.24) is 14.5 Å². The van der Waals surface area contributed by atoms with E-state index in [4.69, 9.17) is 10.5 Å². The Morgan fingerprint density at radius 3 is 2.54 bits per heavy atom. The van der Waals surface area contributed by atoms with E-state index in [-0.39, 0.29) is 0 Å². The first-order chi connectivity index (χ1) is 13.8. The van der Waals surface area contributed by atoms with E-state index in [0.29, 0.717) is 11.5 Å². The molecule has 146 valence electrons. The summed E-state index contributed by atoms with van der Waals surface area (Å²) in [5, 5.41) is 0. The van der Waals surface area contributed by atoms with Crippen molar-refractivity contribution in [2.24, 2.45) is 10.7 Å². The van der Waals surface area contributed by atoms with E-state index in [1.807, 2.05) is 61.2 Å². The number of pyridine rings is 1. The lowest BCUT2D eigenvalue weighted by Gasteiger charge is -2.07. The van der Waals surface area contributed by atoms with Crippen LogP contribution in [0.1, 0.15) is 37.8 Å². The molecule has 0 unspecified atom stereocenters. The Hall–Kier alpha value is -3.15. The van der Waals surface area contributed by atoms with Crippen molar-refractivity contribution >= 4 is 11.5 Å². The molecule has 0 saturated heterocycles. The lowest BCUT2D eigenvalue weighted by molar-refractivity contribution is 0.304. The number of unbranched alkanes of at least 4 members (excludes halogenated alkanes) is 4. The minimum Gasteiger partial charge on any atom is -0.494 e. The quantitative estimate of drug-likeness (QED) is 0.306. The number of ether oxygens (including phenoxy) is 1. The molecular weight excluding hydrogens is 350 g/mol. The molecule has 2 N–H and O–H groups in total. The zero-order chi connectivity index (χ0) is 19.4. The summed E-state index contributed by atoms with van der Waals surface area (Å²) in [5.74, 6) is 1.26. The van der Waals surface area contributed by atoms with Crippen LogP contribution in [0.2, 0.25) is 0 Å². The van der Waals surface area contributed by atoms with Crippen LogP contribution in [0.4, 0.5) is 5.69 Å². The highest BCUT2D eigenvalue weighted by Crippen LogP contribution is 2.19. The summed E-state index contributed by atoms with van der Waals surface area (Å²) in [7, 11) is 0. The fraction of sp³-hybridized carbons (Fsp3) is 0.318. The van der Waals surface area contributed by atoms with Crippen LogP contribution in [0.3, 0.4) is 0 Å². The van der Waals surface area contributed by atoms with Gasteiger partial charge in [0.2, 0.25) is 0 Å². The Morgan fingerprint density at radius 2 is 1.79 bits per heavy atom. The third-order valence-corrected chi connectivity index (χ3v) is 4.40. The second kappa shape index (κ2) is 10.9. The van der Waals surface area contributed by atoms with Gasteiger partial charge in [-0.1, -0.05) is 25.3 Å². The van der Waals surface area contributed by atoms with Crippen molar-refractivity contribution in [2.75, 3.05) is 6.61 Å². The highest BCUT2D eigenvalue weighted by molar-refractivity contribution is 5.97. The van der Waals surface area contributed by atoms with Crippen molar-refractivity contribution < 1.29 is 4.74 Å². The molecule has 2 heterocycles. The molecule has 0 aliphatic rings. The van der Waals surface area contributed by atoms with Crippen molar-refractivity contribution in [1.29, 1.82) is 0 Å². The minimum atomic E-state index is 0.405. The Kier molecular flexibility index (Phi) is 7.61. The SMILES string of the molecule is NC(=Nc1ccc(OCCCCCCCn2ccnc2)cc1)c1ccccn1. The summed E-state index contributed by atoms with van der Waals surface area (Å²) < 4.78 is 7.94. The maximum Gasteiger partial charge on any atom is 0.150 e. The number of hydrogen-bond donors (Lipinski definition) is 1. The summed E-state index contributed by atoms with van der Waals surface area (Å²) >= 11 is 0. The lowest BCUT2D eigenvalue weighted by Crippen LogP contribution is -2.14. The molecule has 28 heavy (non-hydrogen) atoms. The number of aliphatic imine (C=N–C) groups is 1. The molecule has 6 nitrogen and oxygen atoms in total. The molecule has 0 bridgehead atoms. The van der Waals surface area contributed by atoms with E-state index in [0.717, 1.165) is 31.0 Å². The number of nitrogens with two attached hydrogens (primary N) is 1. The molecular formula is C22H27N5O. The Labute approximate surface area is 166 Å². The Balaban J connectivity index is 1.31. The van der Waals surface area contributed by atoms with Gasteiger partial charge >= 0.3 is 0 Å². The lowest BCUT2D eigenvalue weighted by atomic mass is 10.1. The predicted octanol–water partition coefficient (Wildman–Crippen LogP) is 4.34. The van der Waals surface area contributed by atoms with Gasteiger partial charge in [0.05, 0.1) is 18.6 Å². The topological polar surface area (TPSA) is 78.3 Å². The third-order valence-electron chi connectivity index (χ3n) is 4.40. The summed E-state index contributed by atoms with van der Waals surface area (Å²) in [6, 6.07) is 13.2. The van der Waals surface area contributed by atoms with Crippen molar-refractivity contribution in [3.05, 3.63) is 73.1 Å². The number of benzene rings is 1. The van der Waals surface area contributed by atoms with Crippen LogP contribution >= 0.6 is 0 Å². The zero-order valence-corrected chi connectivity index (χ0v) is 16.1. The average Bonchev–Trinajstić information content (AvgIpc) is 3.25. The number of hydrogen-bond acceptors (Lipinski definition) is 4. The van der Waals surface area contributed by atoms with Gasteiger partial charge < -0.3 is 15.0 Å². The Bertz CT molecular complexity index is 829. The normalized spacial score (nSPS) is 11.5. The first-order valence-corrected chi connectivity index (χ1v) is 9.75. The molecule has 1 aromatic carbocycles. The molecule has 3 rings (SSSR count). The van der Waals surface area contributed by atoms with E-state index in [1.54, 1.807) is 6.20 Å². The summed E-state index contributed by atoms with van der Waals surface area (Å²) in [5.41, 5.74) is 7.45. The molecule has 3 aromatic rings. The zero-order valence-electron chi connectivity index (χ0n) is 16.1. The summed E-state index contributed by atoms with van der Waals surface area (Å²) in [4.78, 5) is 12.6. The van der Waals surface area contributed by atoms with Gasteiger partial charge in [-0.2, -0.15) is 0 Å². The third kappa shape index (κ3) is 6.54. The van der Waals surface area contributed by atoms with E-state index in [2.05, 4.69) is 19.5 Å². The molecule has 0 amide bonds. The maximum absolute atomic E-state index is 5.99. The molecule has 0 aliphatic carbocycles. The highest BCUT2D eigenvalue weighted by atomic mass is 16.5. The molecule has 6 heteroatoms. The number of imidazole rings is 1. The molecule has 0 spiro atoms. The van der Waals surface area contributed by atoms with Crippen LogP contribution in [0.15, 0.2) is 72.4 Å². The van der Waals surface area contributed by atoms with Gasteiger partial charge in [0, 0.05) is 25.1 Å². The second-order valence-corrected chi connectivity index (χ2v) is 6.62. The van der Waals surface area contributed by atoms with Crippen LogP contribution in [0.25, 0.3) is 0 Å². The van der Waals surface area contributed by atoms with Crippen LogP contribution in [0.5, 0.6) is 5.75 Å². The van der Waals surface area contributed by atoms with E-state index in [1.165, 1.54) is 25.7 Å². The van der Waals surface area contributed by atoms with Gasteiger partial charge in [-0.05, 0) is 49.2 Å². The highest BCUT2D eigenvalue weighted by Gasteiger charge is 2.00. The minimum absolute atomic E-state index is 0.405. The number of aryl methyl sites for hydroxylation is 1. The molecule has 0 fully saturated rings. The van der Waals surface area contributed by atoms with Crippen LogP contribution in [-0.2, 0) is 6.54 Å². The predicted molar refractivity (Wildman–Crippen MR) is 112 cm³/mol. The van der Waals surface area contributed by atoms with Crippen molar-refractivity contribution in [3.63, 3.8) is 0 Å². The fourth-order valence-corrected chi connectivity index (χ4v) is 2.86. The van der Waals surface area contributed by atoms with E-state index in [9.17, 15) is 0 Å². The molecule has 0 atom stereocenters. The summed E-state index contributed by atoms with van der Waals surface area (Å²) in [6.07, 6.45) is 13.3. The smallest absolute Gasteiger partial charge is 0.150 e. The number of rotatable bonds is 11. The van der Waals surface area contributed by atoms with Crippen LogP contribution in [-0.4, -0.2) is 27.0 Å². The molecule has 0 saturated carbocycles. The average molecular weight is 377 g/mol. The van der Waals surface area contributed by atoms with E-state index >= 15 is 0 Å². The number of amidine groups is 1. The molecule has 0 aliphatic heterocycles. The van der Waals surface area contributed by atoms with Gasteiger partial charge in [-0.15, -0.1) is 0 Å². The van der Waals surface area contributed by atoms with Gasteiger partial charge in [-0.3, -0.25) is 4.98 Å². The first kappa shape index (κ1) is 19.6. The van der Waals surface area contributed by atoms with Gasteiger partial charge in [-0.25, -0.2) is 9.98 Å². The Morgan fingerprint density at radius 1 is 0.964 bits per heavy atom. The van der Waals surface area contributed by atoms with Gasteiger partial charge in [0.25, 0.3) is 0 Å². The van der Waals surface area contributed by atoms with Crippen LogP contribution < -0.4 is 10.5 Å². The van der Waals surface area contributed by atoms with Crippen molar-refractivity contribution in [2.45, 2.75) is 38.6 Å². The largest absolute Gasteiger partial charge is 0.494 e. The maximum atomic E-state index is 5.99. The van der Waals surface area contributed by atoms with Gasteiger partial charge in [0.15, 0.2) is 0 Å². The standard InChI is InChI=1S/C22H27N5O/c23-22(21-8-4-5-13-25-21)26-19-9-11-20(12-10-19)28-17-7-3-1-2-6-15-27-16-14-24-18-27/h4-5,8-14,16,18H,1-3,6-7,15,17H2,(H2,23,26). The monoisotopic (exact) mass is 377 g/mol. The summed E-state index contributed by atoms with van der Waals surface area (Å²) in [6.45, 7) is 1.79. The van der Waals surface area contributed by atoms with Crippen molar-refractivity contribution in [3.8, 4) is 5.75 Å². The molecule has 2 aromatic heterocycles. The van der Waals surface area contributed by atoms with Gasteiger partial charge in [0.1, 0.15) is 17.3 Å². The second-order valence-electron chi connectivity index (χ2n) is 6.62. The first-order valence-electron chi connectivity index (χ1n) is 9.75. The number of nitrogens with zero attached hydrogens (tertiary/aromatic N) is 4. The van der Waals surface area contributed by atoms with E-state index < -0.39 is 0 Å². The number of aromatic nitrogens is 3. The molecule has 0 radical (unpaired) electrons.